The summed E-state index contributed by atoms with van der Waals surface area (Å²) in [7, 11) is 0. The average molecular weight is 347 g/mol. The Kier molecular flexibility index (Phi) is 5.65. The summed E-state index contributed by atoms with van der Waals surface area (Å²) in [6, 6.07) is 19.5. The first kappa shape index (κ1) is 17.7. The van der Waals surface area contributed by atoms with Crippen molar-refractivity contribution in [2.24, 2.45) is 0 Å². The van der Waals surface area contributed by atoms with Gasteiger partial charge < -0.3 is 10.2 Å². The molecule has 132 valence electrons. The van der Waals surface area contributed by atoms with Crippen LogP contribution < -0.4 is 5.32 Å². The predicted octanol–water partition coefficient (Wildman–Crippen LogP) is 2.54. The zero-order valence-corrected chi connectivity index (χ0v) is 14.5. The topological polar surface area (TPSA) is 73.2 Å². The van der Waals surface area contributed by atoms with E-state index in [0.717, 1.165) is 12.0 Å². The van der Waals surface area contributed by atoms with Gasteiger partial charge in [0.15, 0.2) is 0 Å². The summed E-state index contributed by atoms with van der Waals surface area (Å²) in [6.07, 6.45) is 1.90. The van der Waals surface area contributed by atoms with Gasteiger partial charge in [-0.3, -0.25) is 9.59 Å². The summed E-state index contributed by atoms with van der Waals surface area (Å²) in [5.41, 5.74) is 1.48. The summed E-state index contributed by atoms with van der Waals surface area (Å²) in [4.78, 5) is 27.2. The number of likely N-dealkylation sites (tertiary alicyclic amines) is 1. The Morgan fingerprint density at radius 1 is 1.12 bits per heavy atom. The number of nitrogens with zero attached hydrogens (tertiary/aromatic N) is 2. The van der Waals surface area contributed by atoms with E-state index in [1.165, 1.54) is 0 Å². The zero-order chi connectivity index (χ0) is 18.4. The summed E-state index contributed by atoms with van der Waals surface area (Å²) in [5, 5.41) is 12.1. The van der Waals surface area contributed by atoms with Crippen LogP contribution in [0.4, 0.5) is 0 Å². The van der Waals surface area contributed by atoms with Gasteiger partial charge in [-0.1, -0.05) is 48.5 Å². The quantitative estimate of drug-likeness (QED) is 0.903. The molecule has 2 aromatic carbocycles. The maximum absolute atomic E-state index is 13.0. The fraction of sp³-hybridized carbons (Fsp3) is 0.286. The molecular formula is C21H21N3O2. The molecule has 0 saturated carbocycles. The number of nitrogens with one attached hydrogen (secondary N) is 1. The third-order valence-electron chi connectivity index (χ3n) is 4.61. The highest BCUT2D eigenvalue weighted by molar-refractivity contribution is 5.97. The van der Waals surface area contributed by atoms with Gasteiger partial charge in [0.05, 0.1) is 6.07 Å². The lowest BCUT2D eigenvalue weighted by Gasteiger charge is -2.26. The molecule has 1 aliphatic heterocycles. The van der Waals surface area contributed by atoms with Gasteiger partial charge in [0.1, 0.15) is 12.1 Å². The molecule has 5 heteroatoms. The van der Waals surface area contributed by atoms with E-state index < -0.39 is 12.1 Å². The smallest absolute Gasteiger partial charge is 0.251 e. The van der Waals surface area contributed by atoms with Crippen molar-refractivity contribution in [2.45, 2.75) is 31.3 Å². The van der Waals surface area contributed by atoms with E-state index in [1.54, 1.807) is 29.2 Å². The van der Waals surface area contributed by atoms with Crippen LogP contribution in [0, 0.1) is 11.3 Å². The Labute approximate surface area is 153 Å². The number of hydrogen-bond acceptors (Lipinski definition) is 3. The maximum Gasteiger partial charge on any atom is 0.251 e. The van der Waals surface area contributed by atoms with E-state index in [0.29, 0.717) is 24.9 Å². The number of carbonyl (C=O) groups is 2. The SMILES string of the molecule is N#C[C@@H]1CCCN1C(=O)C(Cc1ccccc1)NC(=O)c1ccccc1. The Bertz CT molecular complexity index is 799. The van der Waals surface area contributed by atoms with Gasteiger partial charge in [-0.05, 0) is 30.5 Å². The second-order valence-corrected chi connectivity index (χ2v) is 6.40. The van der Waals surface area contributed by atoms with Crippen LogP contribution in [0.1, 0.15) is 28.8 Å². The van der Waals surface area contributed by atoms with Crippen LogP contribution in [-0.4, -0.2) is 35.3 Å². The third-order valence-corrected chi connectivity index (χ3v) is 4.61. The normalized spacial score (nSPS) is 17.3. The van der Waals surface area contributed by atoms with Crippen molar-refractivity contribution in [3.05, 3.63) is 71.8 Å². The Morgan fingerprint density at radius 3 is 2.42 bits per heavy atom. The van der Waals surface area contributed by atoms with Crippen LogP contribution in [0.2, 0.25) is 0 Å². The molecule has 3 rings (SSSR count). The van der Waals surface area contributed by atoms with Crippen molar-refractivity contribution in [1.29, 1.82) is 5.26 Å². The van der Waals surface area contributed by atoms with E-state index in [9.17, 15) is 14.9 Å². The van der Waals surface area contributed by atoms with Crippen LogP contribution in [0.25, 0.3) is 0 Å². The summed E-state index contributed by atoms with van der Waals surface area (Å²) in [6.45, 7) is 0.559. The Hall–Kier alpha value is -3.13. The van der Waals surface area contributed by atoms with Crippen molar-refractivity contribution in [1.82, 2.24) is 10.2 Å². The molecule has 0 aliphatic carbocycles. The third kappa shape index (κ3) is 4.09. The monoisotopic (exact) mass is 347 g/mol. The fourth-order valence-electron chi connectivity index (χ4n) is 3.25. The van der Waals surface area contributed by atoms with Crippen molar-refractivity contribution in [3.63, 3.8) is 0 Å². The number of amides is 2. The molecule has 5 nitrogen and oxygen atoms in total. The summed E-state index contributed by atoms with van der Waals surface area (Å²) < 4.78 is 0. The number of rotatable bonds is 5. The number of carbonyl (C=O) groups excluding carboxylic acids is 2. The molecule has 1 fully saturated rings. The maximum atomic E-state index is 13.0. The van der Waals surface area contributed by atoms with Crippen molar-refractivity contribution in [2.75, 3.05) is 6.54 Å². The van der Waals surface area contributed by atoms with Crippen LogP contribution in [0.5, 0.6) is 0 Å². The van der Waals surface area contributed by atoms with Gasteiger partial charge in [-0.2, -0.15) is 5.26 Å². The number of nitriles is 1. The molecule has 0 bridgehead atoms. The predicted molar refractivity (Wildman–Crippen MR) is 98.2 cm³/mol. The van der Waals surface area contributed by atoms with Gasteiger partial charge in [-0.15, -0.1) is 0 Å². The molecule has 1 unspecified atom stereocenters. The second kappa shape index (κ2) is 8.30. The van der Waals surface area contributed by atoms with Crippen molar-refractivity contribution >= 4 is 11.8 Å². The lowest BCUT2D eigenvalue weighted by atomic mass is 10.0. The first-order valence-corrected chi connectivity index (χ1v) is 8.79. The molecule has 26 heavy (non-hydrogen) atoms. The summed E-state index contributed by atoms with van der Waals surface area (Å²) >= 11 is 0. The molecule has 2 atom stereocenters. The molecule has 2 aromatic rings. The Morgan fingerprint density at radius 2 is 1.77 bits per heavy atom. The molecule has 1 heterocycles. The molecular weight excluding hydrogens is 326 g/mol. The van der Waals surface area contributed by atoms with Crippen LogP contribution in [0.3, 0.4) is 0 Å². The lowest BCUT2D eigenvalue weighted by molar-refractivity contribution is -0.133. The highest BCUT2D eigenvalue weighted by atomic mass is 16.2. The van der Waals surface area contributed by atoms with E-state index in [4.69, 9.17) is 0 Å². The molecule has 0 aromatic heterocycles. The standard InChI is InChI=1S/C21H21N3O2/c22-15-18-12-7-13-24(18)21(26)19(14-16-8-3-1-4-9-16)23-20(25)17-10-5-2-6-11-17/h1-6,8-11,18-19H,7,12-14H2,(H,23,25)/t18-,19?/m0/s1. The first-order valence-electron chi connectivity index (χ1n) is 8.79. The highest BCUT2D eigenvalue weighted by Crippen LogP contribution is 2.19. The molecule has 0 spiro atoms. The number of hydrogen-bond donors (Lipinski definition) is 1. The van der Waals surface area contributed by atoms with Gasteiger partial charge in [-0.25, -0.2) is 0 Å². The zero-order valence-electron chi connectivity index (χ0n) is 14.5. The van der Waals surface area contributed by atoms with Gasteiger partial charge >= 0.3 is 0 Å². The molecule has 1 saturated heterocycles. The average Bonchev–Trinajstić information content (AvgIpc) is 3.17. The first-order chi connectivity index (χ1) is 12.7. The van der Waals surface area contributed by atoms with Crippen LogP contribution in [0.15, 0.2) is 60.7 Å². The second-order valence-electron chi connectivity index (χ2n) is 6.40. The minimum Gasteiger partial charge on any atom is -0.340 e. The molecule has 2 amide bonds. The van der Waals surface area contributed by atoms with Gasteiger partial charge in [0, 0.05) is 18.5 Å². The van der Waals surface area contributed by atoms with Crippen molar-refractivity contribution in [3.8, 4) is 6.07 Å². The lowest BCUT2D eigenvalue weighted by Crippen LogP contribution is -2.50. The summed E-state index contributed by atoms with van der Waals surface area (Å²) in [5.74, 6) is -0.477. The molecule has 1 N–H and O–H groups in total. The molecule has 0 radical (unpaired) electrons. The van der Waals surface area contributed by atoms with E-state index in [2.05, 4.69) is 11.4 Å². The van der Waals surface area contributed by atoms with Gasteiger partial charge in [0.2, 0.25) is 5.91 Å². The minimum atomic E-state index is -0.695. The number of benzene rings is 2. The van der Waals surface area contributed by atoms with Crippen LogP contribution in [-0.2, 0) is 11.2 Å². The minimum absolute atomic E-state index is 0.192. The van der Waals surface area contributed by atoms with Gasteiger partial charge in [0.25, 0.3) is 5.91 Å². The van der Waals surface area contributed by atoms with E-state index in [1.807, 2.05) is 36.4 Å². The Balaban J connectivity index is 1.80. The van der Waals surface area contributed by atoms with E-state index >= 15 is 0 Å². The molecule has 1 aliphatic rings. The van der Waals surface area contributed by atoms with Crippen LogP contribution >= 0.6 is 0 Å². The largest absolute Gasteiger partial charge is 0.340 e. The van der Waals surface area contributed by atoms with E-state index in [-0.39, 0.29) is 11.8 Å². The van der Waals surface area contributed by atoms with Crippen molar-refractivity contribution < 1.29 is 9.59 Å². The fourth-order valence-corrected chi connectivity index (χ4v) is 3.25. The highest BCUT2D eigenvalue weighted by Gasteiger charge is 2.34.